The van der Waals surface area contributed by atoms with Gasteiger partial charge in [-0.15, -0.1) is 0 Å². The van der Waals surface area contributed by atoms with Crippen LogP contribution < -0.4 is 15.8 Å². The first-order valence-electron chi connectivity index (χ1n) is 10.2. The van der Waals surface area contributed by atoms with Crippen LogP contribution in [0.25, 0.3) is 0 Å². The maximum atomic E-state index is 12.8. The number of nitrogens with zero attached hydrogens (tertiary/aromatic N) is 5. The molecule has 1 unspecified atom stereocenters. The van der Waals surface area contributed by atoms with Crippen molar-refractivity contribution in [3.05, 3.63) is 99.8 Å². The second-order valence-corrected chi connectivity index (χ2v) is 7.46. The van der Waals surface area contributed by atoms with Crippen LogP contribution in [-0.4, -0.2) is 32.8 Å². The Balaban J connectivity index is 1.86. The van der Waals surface area contributed by atoms with Gasteiger partial charge in [-0.1, -0.05) is 53.7 Å². The minimum absolute atomic E-state index is 0.111. The minimum atomic E-state index is -0.804. The van der Waals surface area contributed by atoms with Gasteiger partial charge in [0.2, 0.25) is 11.7 Å². The first-order chi connectivity index (χ1) is 16.4. The first kappa shape index (κ1) is 22.3. The van der Waals surface area contributed by atoms with Crippen molar-refractivity contribution in [1.82, 2.24) is 14.7 Å². The highest BCUT2D eigenvalue weighted by Gasteiger charge is 2.28. The van der Waals surface area contributed by atoms with Gasteiger partial charge >= 0.3 is 0 Å². The molecule has 0 spiro atoms. The number of carbonyl (C=O) groups excluding carboxylic acids is 1. The molecule has 0 saturated heterocycles. The first-order valence-corrected chi connectivity index (χ1v) is 10.2. The molecule has 0 saturated carbocycles. The number of hydrogen-bond acceptors (Lipinski definition) is 8. The van der Waals surface area contributed by atoms with Crippen LogP contribution in [-0.2, 0) is 7.05 Å². The molecule has 10 heteroatoms. The van der Waals surface area contributed by atoms with Crippen molar-refractivity contribution in [3.8, 4) is 11.8 Å². The molecule has 4 rings (SSSR count). The summed E-state index contributed by atoms with van der Waals surface area (Å²) in [5.41, 5.74) is 0.977. The highest BCUT2D eigenvalue weighted by Crippen LogP contribution is 2.33. The average Bonchev–Trinajstić information content (AvgIpc) is 3.36. The number of benzene rings is 2. The van der Waals surface area contributed by atoms with Crippen LogP contribution in [0, 0.1) is 11.3 Å². The zero-order valence-electron chi connectivity index (χ0n) is 18.3. The number of rotatable bonds is 6. The second-order valence-electron chi connectivity index (χ2n) is 7.46. The van der Waals surface area contributed by atoms with Crippen LogP contribution in [0.2, 0.25) is 0 Å². The van der Waals surface area contributed by atoms with Crippen LogP contribution in [0.15, 0.2) is 76.4 Å². The molecule has 2 N–H and O–H groups in total. The molecule has 1 amide bonds. The molecule has 10 nitrogen and oxygen atoms in total. The maximum absolute atomic E-state index is 12.8. The van der Waals surface area contributed by atoms with E-state index >= 15 is 0 Å². The number of nitrogens with one attached hydrogen (secondary N) is 1. The summed E-state index contributed by atoms with van der Waals surface area (Å²) in [4.78, 5) is 31.6. The van der Waals surface area contributed by atoms with E-state index in [4.69, 9.17) is 0 Å². The Labute approximate surface area is 194 Å². The number of hydrogen-bond donors (Lipinski definition) is 2. The molecule has 1 atom stereocenters. The van der Waals surface area contributed by atoms with E-state index < -0.39 is 29.0 Å². The summed E-state index contributed by atoms with van der Waals surface area (Å²) in [6, 6.07) is 18.2. The van der Waals surface area contributed by atoms with E-state index in [1.807, 2.05) is 42.5 Å². The fourth-order valence-corrected chi connectivity index (χ4v) is 3.71. The van der Waals surface area contributed by atoms with Gasteiger partial charge in [0.05, 0.1) is 23.9 Å². The SMILES string of the molecule is CN(c1nc(C(=O)Nc2cnoc2)c(O)c(=O)n1C)C(c1ccccc1)c1ccccc1C#N. The summed E-state index contributed by atoms with van der Waals surface area (Å²) in [6.45, 7) is 0. The Morgan fingerprint density at radius 2 is 1.91 bits per heavy atom. The molecule has 0 aliphatic rings. The maximum Gasteiger partial charge on any atom is 0.297 e. The van der Waals surface area contributed by atoms with Crippen LogP contribution in [0.3, 0.4) is 0 Å². The normalized spacial score (nSPS) is 11.4. The Morgan fingerprint density at radius 1 is 1.21 bits per heavy atom. The van der Waals surface area contributed by atoms with Crippen molar-refractivity contribution in [3.63, 3.8) is 0 Å². The predicted molar refractivity (Wildman–Crippen MR) is 123 cm³/mol. The standard InChI is InChI=1S/C24H20N6O4/c1-29(20(15-8-4-3-5-9-15)18-11-7-6-10-16(18)12-25)24-28-19(21(31)23(33)30(24)2)22(32)27-17-13-26-34-14-17/h3-11,13-14,20,31H,1-2H3,(H,27,32). The Morgan fingerprint density at radius 3 is 2.59 bits per heavy atom. The van der Waals surface area contributed by atoms with E-state index in [-0.39, 0.29) is 11.6 Å². The number of aromatic hydroxyl groups is 1. The van der Waals surface area contributed by atoms with E-state index in [9.17, 15) is 20.0 Å². The van der Waals surface area contributed by atoms with Crippen molar-refractivity contribution in [2.45, 2.75) is 6.04 Å². The zero-order valence-corrected chi connectivity index (χ0v) is 18.3. The van der Waals surface area contributed by atoms with E-state index in [0.717, 1.165) is 10.1 Å². The van der Waals surface area contributed by atoms with Gasteiger partial charge < -0.3 is 19.8 Å². The summed E-state index contributed by atoms with van der Waals surface area (Å²) >= 11 is 0. The van der Waals surface area contributed by atoms with Gasteiger partial charge in [0.1, 0.15) is 12.0 Å². The second kappa shape index (κ2) is 9.30. The smallest absolute Gasteiger partial charge is 0.297 e. The molecule has 0 fully saturated rings. The molecular formula is C24H20N6O4. The fourth-order valence-electron chi connectivity index (χ4n) is 3.71. The lowest BCUT2D eigenvalue weighted by Crippen LogP contribution is -2.34. The van der Waals surface area contributed by atoms with Gasteiger partial charge in [-0.05, 0) is 17.2 Å². The third-order valence-corrected chi connectivity index (χ3v) is 5.34. The lowest BCUT2D eigenvalue weighted by molar-refractivity contribution is 0.101. The zero-order chi connectivity index (χ0) is 24.2. The molecule has 170 valence electrons. The van der Waals surface area contributed by atoms with Crippen molar-refractivity contribution in [2.75, 3.05) is 17.3 Å². The molecule has 0 aliphatic carbocycles. The van der Waals surface area contributed by atoms with Crippen LogP contribution >= 0.6 is 0 Å². The topological polar surface area (TPSA) is 137 Å². The number of nitriles is 1. The molecule has 0 bridgehead atoms. The third kappa shape index (κ3) is 4.10. The van der Waals surface area contributed by atoms with Crippen LogP contribution in [0.5, 0.6) is 5.75 Å². The fraction of sp³-hybridized carbons (Fsp3) is 0.125. The van der Waals surface area contributed by atoms with Gasteiger partial charge in [0.25, 0.3) is 11.5 Å². The molecule has 4 aromatic rings. The van der Waals surface area contributed by atoms with Crippen molar-refractivity contribution >= 4 is 17.5 Å². The highest BCUT2D eigenvalue weighted by molar-refractivity contribution is 6.04. The number of anilines is 2. The van der Waals surface area contributed by atoms with Gasteiger partial charge in [-0.2, -0.15) is 5.26 Å². The summed E-state index contributed by atoms with van der Waals surface area (Å²) in [6.07, 6.45) is 2.47. The van der Waals surface area contributed by atoms with Crippen LogP contribution in [0.4, 0.5) is 11.6 Å². The molecule has 0 aliphatic heterocycles. The van der Waals surface area contributed by atoms with E-state index in [0.29, 0.717) is 11.1 Å². The summed E-state index contributed by atoms with van der Waals surface area (Å²) in [5, 5.41) is 26.1. The molecule has 2 aromatic heterocycles. The number of aromatic nitrogens is 3. The summed E-state index contributed by atoms with van der Waals surface area (Å²) < 4.78 is 5.84. The van der Waals surface area contributed by atoms with E-state index in [2.05, 4.69) is 26.0 Å². The van der Waals surface area contributed by atoms with Crippen molar-refractivity contribution < 1.29 is 14.4 Å². The third-order valence-electron chi connectivity index (χ3n) is 5.34. The van der Waals surface area contributed by atoms with Crippen molar-refractivity contribution in [1.29, 1.82) is 5.26 Å². The number of amides is 1. The molecular weight excluding hydrogens is 436 g/mol. The predicted octanol–water partition coefficient (Wildman–Crippen LogP) is 2.82. The Bertz CT molecular complexity index is 1420. The van der Waals surface area contributed by atoms with Gasteiger partial charge in [0, 0.05) is 14.1 Å². The van der Waals surface area contributed by atoms with E-state index in [1.165, 1.54) is 19.5 Å². The largest absolute Gasteiger partial charge is 0.501 e. The summed E-state index contributed by atoms with van der Waals surface area (Å²) in [7, 11) is 3.15. The lowest BCUT2D eigenvalue weighted by Gasteiger charge is -2.31. The Hall–Kier alpha value is -4.91. The van der Waals surface area contributed by atoms with Gasteiger partial charge in [-0.3, -0.25) is 14.2 Å². The van der Waals surface area contributed by atoms with E-state index in [1.54, 1.807) is 24.1 Å². The molecule has 2 heterocycles. The Kier molecular flexibility index (Phi) is 6.09. The quantitative estimate of drug-likeness (QED) is 0.452. The number of carbonyl (C=O) groups is 1. The van der Waals surface area contributed by atoms with Crippen LogP contribution in [0.1, 0.15) is 33.2 Å². The molecule has 0 radical (unpaired) electrons. The minimum Gasteiger partial charge on any atom is -0.501 e. The highest BCUT2D eigenvalue weighted by atomic mass is 16.5. The van der Waals surface area contributed by atoms with Crippen molar-refractivity contribution in [2.24, 2.45) is 7.05 Å². The lowest BCUT2D eigenvalue weighted by atomic mass is 9.94. The molecule has 2 aromatic carbocycles. The monoisotopic (exact) mass is 456 g/mol. The van der Waals surface area contributed by atoms with Gasteiger partial charge in [-0.25, -0.2) is 4.98 Å². The van der Waals surface area contributed by atoms with Gasteiger partial charge in [0.15, 0.2) is 5.69 Å². The molecule has 34 heavy (non-hydrogen) atoms. The average molecular weight is 456 g/mol. The summed E-state index contributed by atoms with van der Waals surface area (Å²) in [5.74, 6) is -1.48.